The molecule has 0 N–H and O–H groups in total. The standard InChI is InChI=1S/C20H27N3O2/c1-22(20(24)17-10-13-25-14-11-17)12-6-9-18-15-19(23(2)21-18)16-7-4-3-5-8-16/h3-5,7-8,15,17H,6,9-14H2,1-2H3. The summed E-state index contributed by atoms with van der Waals surface area (Å²) in [7, 11) is 3.89. The second-order valence-corrected chi connectivity index (χ2v) is 6.76. The largest absolute Gasteiger partial charge is 0.381 e. The van der Waals surface area contributed by atoms with Crippen LogP contribution in [0.4, 0.5) is 0 Å². The van der Waals surface area contributed by atoms with Crippen molar-refractivity contribution in [3.05, 3.63) is 42.1 Å². The van der Waals surface area contributed by atoms with Gasteiger partial charge in [0.15, 0.2) is 0 Å². The van der Waals surface area contributed by atoms with Crippen LogP contribution >= 0.6 is 0 Å². The van der Waals surface area contributed by atoms with E-state index in [0.717, 1.165) is 43.6 Å². The highest BCUT2D eigenvalue weighted by molar-refractivity contribution is 5.78. The number of amides is 1. The third-order valence-electron chi connectivity index (χ3n) is 4.87. The topological polar surface area (TPSA) is 47.4 Å². The van der Waals surface area contributed by atoms with Gasteiger partial charge in [0, 0.05) is 39.8 Å². The Bertz CT molecular complexity index is 690. The van der Waals surface area contributed by atoms with Crippen molar-refractivity contribution in [2.45, 2.75) is 25.7 Å². The van der Waals surface area contributed by atoms with Crippen LogP contribution in [0.3, 0.4) is 0 Å². The fourth-order valence-electron chi connectivity index (χ4n) is 3.39. The molecule has 0 spiro atoms. The normalized spacial score (nSPS) is 15.3. The molecule has 25 heavy (non-hydrogen) atoms. The van der Waals surface area contributed by atoms with E-state index in [4.69, 9.17) is 4.74 Å². The number of rotatable bonds is 6. The Kier molecular flexibility index (Phi) is 5.87. The van der Waals surface area contributed by atoms with Crippen LogP contribution in [-0.2, 0) is 23.0 Å². The molecule has 5 nitrogen and oxygen atoms in total. The van der Waals surface area contributed by atoms with Gasteiger partial charge in [0.2, 0.25) is 5.91 Å². The summed E-state index contributed by atoms with van der Waals surface area (Å²) >= 11 is 0. The molecule has 0 bridgehead atoms. The lowest BCUT2D eigenvalue weighted by atomic mass is 9.99. The average Bonchev–Trinajstić information content (AvgIpc) is 3.03. The van der Waals surface area contributed by atoms with Gasteiger partial charge in [0.25, 0.3) is 0 Å². The van der Waals surface area contributed by atoms with E-state index < -0.39 is 0 Å². The number of ether oxygens (including phenoxy) is 1. The van der Waals surface area contributed by atoms with Crippen LogP contribution in [0, 0.1) is 5.92 Å². The monoisotopic (exact) mass is 341 g/mol. The highest BCUT2D eigenvalue weighted by Gasteiger charge is 2.24. The molecule has 134 valence electrons. The molecule has 2 aromatic rings. The number of nitrogens with zero attached hydrogens (tertiary/aromatic N) is 3. The summed E-state index contributed by atoms with van der Waals surface area (Å²) in [6, 6.07) is 12.4. The van der Waals surface area contributed by atoms with E-state index in [9.17, 15) is 4.79 Å². The van der Waals surface area contributed by atoms with Gasteiger partial charge in [-0.25, -0.2) is 0 Å². The zero-order valence-electron chi connectivity index (χ0n) is 15.1. The number of aryl methyl sites for hydroxylation is 2. The van der Waals surface area contributed by atoms with Gasteiger partial charge in [0.1, 0.15) is 0 Å². The van der Waals surface area contributed by atoms with Crippen LogP contribution in [0.5, 0.6) is 0 Å². The van der Waals surface area contributed by atoms with E-state index in [1.807, 2.05) is 41.9 Å². The second kappa shape index (κ2) is 8.30. The van der Waals surface area contributed by atoms with Crippen molar-refractivity contribution in [3.8, 4) is 11.3 Å². The molecular weight excluding hydrogens is 314 g/mol. The highest BCUT2D eigenvalue weighted by Crippen LogP contribution is 2.20. The van der Waals surface area contributed by atoms with Gasteiger partial charge in [-0.05, 0) is 37.3 Å². The third kappa shape index (κ3) is 4.48. The first-order valence-corrected chi connectivity index (χ1v) is 9.06. The summed E-state index contributed by atoms with van der Waals surface area (Å²) < 4.78 is 7.27. The quantitative estimate of drug-likeness (QED) is 0.812. The Hall–Kier alpha value is -2.14. The Balaban J connectivity index is 1.51. The molecule has 1 aromatic heterocycles. The summed E-state index contributed by atoms with van der Waals surface area (Å²) in [5.41, 5.74) is 3.38. The Labute approximate surface area is 149 Å². The maximum Gasteiger partial charge on any atom is 0.225 e. The predicted molar refractivity (Wildman–Crippen MR) is 98.1 cm³/mol. The summed E-state index contributed by atoms with van der Waals surface area (Å²) in [5, 5.41) is 4.62. The van der Waals surface area contributed by atoms with Gasteiger partial charge in [-0.15, -0.1) is 0 Å². The molecule has 1 aromatic carbocycles. The van der Waals surface area contributed by atoms with Crippen molar-refractivity contribution in [1.29, 1.82) is 0 Å². The molecule has 2 heterocycles. The molecule has 0 radical (unpaired) electrons. The lowest BCUT2D eigenvalue weighted by Crippen LogP contribution is -2.36. The van der Waals surface area contributed by atoms with Crippen LogP contribution in [0.1, 0.15) is 25.0 Å². The smallest absolute Gasteiger partial charge is 0.225 e. The van der Waals surface area contributed by atoms with E-state index in [0.29, 0.717) is 13.2 Å². The molecule has 0 saturated carbocycles. The van der Waals surface area contributed by atoms with Crippen LogP contribution in [0.2, 0.25) is 0 Å². The van der Waals surface area contributed by atoms with Gasteiger partial charge < -0.3 is 9.64 Å². The van der Waals surface area contributed by atoms with Crippen molar-refractivity contribution in [2.75, 3.05) is 26.8 Å². The van der Waals surface area contributed by atoms with Gasteiger partial charge >= 0.3 is 0 Å². The molecule has 1 fully saturated rings. The predicted octanol–water partition coefficient (Wildman–Crippen LogP) is 2.90. The number of aromatic nitrogens is 2. The fraction of sp³-hybridized carbons (Fsp3) is 0.500. The van der Waals surface area contributed by atoms with Crippen molar-refractivity contribution < 1.29 is 9.53 Å². The summed E-state index contributed by atoms with van der Waals surface area (Å²) in [6.45, 7) is 2.19. The van der Waals surface area contributed by atoms with E-state index in [1.54, 1.807) is 0 Å². The number of carbonyl (C=O) groups is 1. The molecule has 3 rings (SSSR count). The van der Waals surface area contributed by atoms with Gasteiger partial charge in [0.05, 0.1) is 11.4 Å². The minimum atomic E-state index is 0.137. The van der Waals surface area contributed by atoms with Crippen molar-refractivity contribution in [1.82, 2.24) is 14.7 Å². The first-order valence-electron chi connectivity index (χ1n) is 9.06. The number of hydrogen-bond acceptors (Lipinski definition) is 3. The molecule has 1 aliphatic heterocycles. The van der Waals surface area contributed by atoms with Crippen molar-refractivity contribution >= 4 is 5.91 Å². The van der Waals surface area contributed by atoms with Crippen molar-refractivity contribution in [3.63, 3.8) is 0 Å². The summed E-state index contributed by atoms with van der Waals surface area (Å²) in [4.78, 5) is 14.3. The maximum absolute atomic E-state index is 12.4. The first kappa shape index (κ1) is 17.7. The maximum atomic E-state index is 12.4. The van der Waals surface area contributed by atoms with E-state index in [-0.39, 0.29) is 11.8 Å². The summed E-state index contributed by atoms with van der Waals surface area (Å²) in [6.07, 6.45) is 3.51. The molecule has 0 unspecified atom stereocenters. The molecule has 0 aliphatic carbocycles. The molecule has 1 aliphatic rings. The van der Waals surface area contributed by atoms with E-state index in [2.05, 4.69) is 23.3 Å². The SMILES string of the molecule is CN(CCCc1cc(-c2ccccc2)n(C)n1)C(=O)C1CCOCC1. The number of carbonyl (C=O) groups excluding carboxylic acids is 1. The Morgan fingerprint density at radius 3 is 2.72 bits per heavy atom. The number of benzene rings is 1. The highest BCUT2D eigenvalue weighted by atomic mass is 16.5. The first-order chi connectivity index (χ1) is 12.1. The van der Waals surface area contributed by atoms with E-state index >= 15 is 0 Å². The number of hydrogen-bond donors (Lipinski definition) is 0. The molecule has 1 saturated heterocycles. The zero-order valence-corrected chi connectivity index (χ0v) is 15.1. The van der Waals surface area contributed by atoms with Crippen LogP contribution in [0.25, 0.3) is 11.3 Å². The molecular formula is C20H27N3O2. The minimum absolute atomic E-state index is 0.137. The minimum Gasteiger partial charge on any atom is -0.381 e. The Morgan fingerprint density at radius 1 is 1.28 bits per heavy atom. The van der Waals surface area contributed by atoms with Gasteiger partial charge in [-0.2, -0.15) is 5.10 Å². The molecule has 1 amide bonds. The van der Waals surface area contributed by atoms with Crippen molar-refractivity contribution in [2.24, 2.45) is 13.0 Å². The third-order valence-corrected chi connectivity index (χ3v) is 4.87. The average molecular weight is 341 g/mol. The fourth-order valence-corrected chi connectivity index (χ4v) is 3.39. The van der Waals surface area contributed by atoms with Crippen LogP contribution in [0.15, 0.2) is 36.4 Å². The van der Waals surface area contributed by atoms with Crippen LogP contribution in [-0.4, -0.2) is 47.4 Å². The Morgan fingerprint density at radius 2 is 2.00 bits per heavy atom. The van der Waals surface area contributed by atoms with Gasteiger partial charge in [-0.1, -0.05) is 30.3 Å². The zero-order chi connectivity index (χ0) is 17.6. The second-order valence-electron chi connectivity index (χ2n) is 6.76. The van der Waals surface area contributed by atoms with Crippen LogP contribution < -0.4 is 0 Å². The lowest BCUT2D eigenvalue weighted by Gasteiger charge is -2.26. The molecule has 0 atom stereocenters. The lowest BCUT2D eigenvalue weighted by molar-refractivity contribution is -0.137. The van der Waals surface area contributed by atoms with Gasteiger partial charge in [-0.3, -0.25) is 9.48 Å². The molecule has 5 heteroatoms. The van der Waals surface area contributed by atoms with E-state index in [1.165, 1.54) is 5.56 Å². The summed E-state index contributed by atoms with van der Waals surface area (Å²) in [5.74, 6) is 0.396.